The number of esters is 1. The molecule has 0 aliphatic carbocycles. The maximum Gasteiger partial charge on any atom is 0.307 e. The number of β-lactam (4-membered cyclic amide) rings is 1. The van der Waals surface area contributed by atoms with E-state index in [1.165, 1.54) is 4.90 Å². The van der Waals surface area contributed by atoms with Crippen molar-refractivity contribution in [1.82, 2.24) is 4.90 Å². The van der Waals surface area contributed by atoms with Gasteiger partial charge in [0.05, 0.1) is 31.2 Å². The summed E-state index contributed by atoms with van der Waals surface area (Å²) >= 11 is 3.45. The Morgan fingerprint density at radius 2 is 2.11 bits per heavy atom. The Labute approximate surface area is 166 Å². The van der Waals surface area contributed by atoms with Crippen LogP contribution >= 0.6 is 15.9 Å². The molecular weight excluding hydrogens is 416 g/mol. The number of aliphatic hydroxyl groups is 1. The van der Waals surface area contributed by atoms with Gasteiger partial charge in [0.2, 0.25) is 5.91 Å². The van der Waals surface area contributed by atoms with E-state index in [2.05, 4.69) is 26.0 Å². The van der Waals surface area contributed by atoms with Crippen LogP contribution in [0.5, 0.6) is 0 Å². The number of ether oxygens (including phenoxy) is 1. The van der Waals surface area contributed by atoms with Gasteiger partial charge in [-0.05, 0) is 24.4 Å². The molecule has 146 valence electrons. The van der Waals surface area contributed by atoms with Gasteiger partial charge < -0.3 is 14.7 Å². The zero-order valence-electron chi connectivity index (χ0n) is 15.3. The predicted octanol–water partition coefficient (Wildman–Crippen LogP) is 3.11. The number of nitrogens with zero attached hydrogens (tertiary/aromatic N) is 4. The molecule has 1 N–H and O–H groups in total. The molecule has 1 aromatic rings. The molecule has 9 heteroatoms. The van der Waals surface area contributed by atoms with Crippen LogP contribution in [0.4, 0.5) is 0 Å². The lowest BCUT2D eigenvalue weighted by atomic mass is 9.76. The molecule has 1 saturated heterocycles. The summed E-state index contributed by atoms with van der Waals surface area (Å²) < 4.78 is 3.61. The lowest BCUT2D eigenvalue weighted by molar-refractivity contribution is -0.161. The molecule has 0 aromatic heterocycles. The van der Waals surface area contributed by atoms with Gasteiger partial charge >= 0.3 is 5.97 Å². The van der Waals surface area contributed by atoms with E-state index in [9.17, 15) is 14.7 Å². The second-order valence-corrected chi connectivity index (χ2v) is 7.57. The molecule has 1 amide bonds. The van der Waals surface area contributed by atoms with Crippen molar-refractivity contribution in [1.29, 1.82) is 0 Å². The molecule has 4 atom stereocenters. The van der Waals surface area contributed by atoms with Gasteiger partial charge in [-0.2, -0.15) is 0 Å². The highest BCUT2D eigenvalue weighted by atomic mass is 79.9. The van der Waals surface area contributed by atoms with Crippen molar-refractivity contribution in [2.24, 2.45) is 5.11 Å². The number of hydrogen-bond acceptors (Lipinski definition) is 5. The molecule has 0 bridgehead atoms. The first-order chi connectivity index (χ1) is 12.9. The first-order valence-corrected chi connectivity index (χ1v) is 9.63. The molecule has 1 heterocycles. The summed E-state index contributed by atoms with van der Waals surface area (Å²) in [6.45, 7) is 3.95. The van der Waals surface area contributed by atoms with E-state index in [4.69, 9.17) is 10.3 Å². The van der Waals surface area contributed by atoms with Gasteiger partial charge in [-0.1, -0.05) is 58.3 Å². The van der Waals surface area contributed by atoms with Crippen molar-refractivity contribution < 1.29 is 19.4 Å². The van der Waals surface area contributed by atoms with Crippen LogP contribution in [-0.4, -0.2) is 51.5 Å². The van der Waals surface area contributed by atoms with Crippen molar-refractivity contribution in [2.75, 3.05) is 13.2 Å². The molecule has 1 aromatic carbocycles. The average Bonchev–Trinajstić information content (AvgIpc) is 2.68. The highest BCUT2D eigenvalue weighted by Crippen LogP contribution is 2.52. The van der Waals surface area contributed by atoms with E-state index in [1.54, 1.807) is 13.8 Å². The molecule has 0 spiro atoms. The molecule has 0 unspecified atom stereocenters. The lowest BCUT2D eigenvalue weighted by Crippen LogP contribution is -2.71. The van der Waals surface area contributed by atoms with Gasteiger partial charge in [-0.3, -0.25) is 9.59 Å². The zero-order chi connectivity index (χ0) is 20.0. The molecule has 1 aliphatic rings. The fourth-order valence-electron chi connectivity index (χ4n) is 3.35. The molecule has 0 saturated carbocycles. The van der Waals surface area contributed by atoms with Crippen LogP contribution < -0.4 is 0 Å². The minimum absolute atomic E-state index is 0.0651. The summed E-state index contributed by atoms with van der Waals surface area (Å²) in [5.74, 6) is -0.731. The summed E-state index contributed by atoms with van der Waals surface area (Å²) in [5, 5.41) is 14.5. The van der Waals surface area contributed by atoms with Crippen LogP contribution in [0.2, 0.25) is 0 Å². The normalized spacial score (nSPS) is 23.8. The smallest absolute Gasteiger partial charge is 0.307 e. The number of amides is 1. The van der Waals surface area contributed by atoms with E-state index in [1.807, 2.05) is 30.3 Å². The Kier molecular flexibility index (Phi) is 7.24. The maximum atomic E-state index is 12.9. The second kappa shape index (κ2) is 9.21. The Morgan fingerprint density at radius 3 is 2.67 bits per heavy atom. The average molecular weight is 439 g/mol. The van der Waals surface area contributed by atoms with Gasteiger partial charge in [-0.25, -0.2) is 0 Å². The van der Waals surface area contributed by atoms with Crippen LogP contribution in [0.25, 0.3) is 10.4 Å². The zero-order valence-corrected chi connectivity index (χ0v) is 16.9. The van der Waals surface area contributed by atoms with Crippen molar-refractivity contribution in [2.45, 2.75) is 49.2 Å². The molecular formula is C18H23BrN4O4. The van der Waals surface area contributed by atoms with Crippen molar-refractivity contribution in [3.63, 3.8) is 0 Å². The maximum absolute atomic E-state index is 12.9. The SMILES string of the molecule is CCOC(=O)CCN1C(=O)[C@@](Br)([C@H](O)[C@@H](CC)N=[N+]=[N-])[C@@H]1c1ccccc1. The number of aliphatic hydroxyl groups excluding tert-OH is 1. The van der Waals surface area contributed by atoms with Crippen LogP contribution in [-0.2, 0) is 14.3 Å². The Balaban J connectivity index is 2.32. The fraction of sp³-hybridized carbons (Fsp3) is 0.556. The quantitative estimate of drug-likeness (QED) is 0.159. The third-order valence-electron chi connectivity index (χ3n) is 4.69. The van der Waals surface area contributed by atoms with Crippen LogP contribution in [0, 0.1) is 0 Å². The second-order valence-electron chi connectivity index (χ2n) is 6.26. The Bertz CT molecular complexity index is 725. The lowest BCUT2D eigenvalue weighted by Gasteiger charge is -2.56. The van der Waals surface area contributed by atoms with E-state index in [0.29, 0.717) is 6.42 Å². The molecule has 8 nitrogen and oxygen atoms in total. The largest absolute Gasteiger partial charge is 0.466 e. The van der Waals surface area contributed by atoms with E-state index in [-0.39, 0.29) is 31.4 Å². The number of benzene rings is 1. The number of rotatable bonds is 9. The summed E-state index contributed by atoms with van der Waals surface area (Å²) in [6, 6.07) is 7.99. The standard InChI is InChI=1S/C18H23BrN4O4/c1-3-13(21-22-20)16(25)18(19)15(12-8-6-5-7-9-12)23(17(18)26)11-10-14(24)27-4-2/h5-9,13,15-16,25H,3-4,10-11H2,1-2H3/t13-,15+,16-,18+/m1/s1. The molecule has 0 radical (unpaired) electrons. The highest BCUT2D eigenvalue weighted by molar-refractivity contribution is 9.10. The van der Waals surface area contributed by atoms with Crippen LogP contribution in [0.1, 0.15) is 38.3 Å². The minimum atomic E-state index is -1.32. The topological polar surface area (TPSA) is 116 Å². The van der Waals surface area contributed by atoms with E-state index < -0.39 is 22.5 Å². The van der Waals surface area contributed by atoms with Crippen molar-refractivity contribution >= 4 is 27.8 Å². The molecule has 27 heavy (non-hydrogen) atoms. The Hall–Kier alpha value is -2.09. The monoisotopic (exact) mass is 438 g/mol. The fourth-order valence-corrected chi connectivity index (χ4v) is 4.40. The molecule has 1 fully saturated rings. The van der Waals surface area contributed by atoms with Gasteiger partial charge in [0.1, 0.15) is 0 Å². The van der Waals surface area contributed by atoms with Crippen LogP contribution in [0.15, 0.2) is 35.4 Å². The van der Waals surface area contributed by atoms with Gasteiger partial charge in [0, 0.05) is 11.5 Å². The number of likely N-dealkylation sites (tertiary alicyclic amines) is 1. The summed E-state index contributed by atoms with van der Waals surface area (Å²) in [5.41, 5.74) is 9.57. The van der Waals surface area contributed by atoms with Crippen molar-refractivity contribution in [3.8, 4) is 0 Å². The Morgan fingerprint density at radius 1 is 1.44 bits per heavy atom. The number of carbonyl (C=O) groups excluding carboxylic acids is 2. The number of carbonyl (C=O) groups is 2. The summed E-state index contributed by atoms with van der Waals surface area (Å²) in [6.07, 6.45) is -0.763. The third kappa shape index (κ3) is 4.10. The first-order valence-electron chi connectivity index (χ1n) is 8.84. The first kappa shape index (κ1) is 21.2. The number of alkyl halides is 1. The number of hydrogen-bond donors (Lipinski definition) is 1. The van der Waals surface area contributed by atoms with Gasteiger partial charge in [-0.15, -0.1) is 0 Å². The summed E-state index contributed by atoms with van der Waals surface area (Å²) in [4.78, 5) is 28.9. The summed E-state index contributed by atoms with van der Waals surface area (Å²) in [7, 11) is 0. The molecule has 2 rings (SSSR count). The minimum Gasteiger partial charge on any atom is -0.466 e. The van der Waals surface area contributed by atoms with Crippen molar-refractivity contribution in [3.05, 3.63) is 46.3 Å². The van der Waals surface area contributed by atoms with Gasteiger partial charge in [0.15, 0.2) is 4.32 Å². The van der Waals surface area contributed by atoms with E-state index in [0.717, 1.165) is 5.56 Å². The number of halogens is 1. The number of azide groups is 1. The van der Waals surface area contributed by atoms with Gasteiger partial charge in [0.25, 0.3) is 0 Å². The highest BCUT2D eigenvalue weighted by Gasteiger charge is 2.64. The van der Waals surface area contributed by atoms with Crippen LogP contribution in [0.3, 0.4) is 0 Å². The van der Waals surface area contributed by atoms with E-state index >= 15 is 0 Å². The predicted molar refractivity (Wildman–Crippen MR) is 103 cm³/mol. The molecule has 1 aliphatic heterocycles. The third-order valence-corrected chi connectivity index (χ3v) is 5.93.